The number of carboxylic acid groups (broad SMARTS) is 1. The molecule has 0 fully saturated rings. The van der Waals surface area contributed by atoms with Crippen LogP contribution in [0.5, 0.6) is 0 Å². The van der Waals surface area contributed by atoms with Crippen molar-refractivity contribution in [2.75, 3.05) is 0 Å². The number of carbonyl (C=O) groups is 1. The van der Waals surface area contributed by atoms with Gasteiger partial charge in [0, 0.05) is 6.04 Å². The number of aryl methyl sites for hydroxylation is 1. The molecular formula is C10H14N4O2. The molecule has 2 aromatic rings. The Kier molecular flexibility index (Phi) is 2.41. The fourth-order valence-corrected chi connectivity index (χ4v) is 1.71. The molecule has 0 atom stereocenters. The maximum Gasteiger partial charge on any atom is 0.325 e. The highest BCUT2D eigenvalue weighted by molar-refractivity contribution is 5.77. The lowest BCUT2D eigenvalue weighted by atomic mass is 10.3. The van der Waals surface area contributed by atoms with Crippen molar-refractivity contribution >= 4 is 17.0 Å². The SMILES string of the molecule is Cc1nn(C(C)C)c2cn(CC(=O)O)nc12. The summed E-state index contributed by atoms with van der Waals surface area (Å²) in [6.07, 6.45) is 1.73. The highest BCUT2D eigenvalue weighted by atomic mass is 16.4. The molecule has 0 radical (unpaired) electrons. The van der Waals surface area contributed by atoms with Crippen molar-refractivity contribution in [2.24, 2.45) is 0 Å². The summed E-state index contributed by atoms with van der Waals surface area (Å²) in [5.74, 6) is -0.896. The second-order valence-electron chi connectivity index (χ2n) is 4.08. The van der Waals surface area contributed by atoms with Gasteiger partial charge < -0.3 is 5.11 Å². The van der Waals surface area contributed by atoms with Crippen LogP contribution in [0, 0.1) is 6.92 Å². The molecule has 0 aromatic carbocycles. The summed E-state index contributed by atoms with van der Waals surface area (Å²) in [5, 5.41) is 17.3. The first-order valence-electron chi connectivity index (χ1n) is 5.13. The first kappa shape index (κ1) is 10.7. The lowest BCUT2D eigenvalue weighted by Crippen LogP contribution is -2.09. The molecule has 0 aliphatic carbocycles. The molecule has 2 rings (SSSR count). The van der Waals surface area contributed by atoms with E-state index in [9.17, 15) is 4.79 Å². The van der Waals surface area contributed by atoms with E-state index in [2.05, 4.69) is 10.2 Å². The number of fused-ring (bicyclic) bond motifs is 1. The van der Waals surface area contributed by atoms with E-state index >= 15 is 0 Å². The van der Waals surface area contributed by atoms with Crippen molar-refractivity contribution in [2.45, 2.75) is 33.4 Å². The zero-order valence-corrected chi connectivity index (χ0v) is 9.51. The van der Waals surface area contributed by atoms with Gasteiger partial charge in [0.1, 0.15) is 17.6 Å². The fourth-order valence-electron chi connectivity index (χ4n) is 1.71. The minimum absolute atomic E-state index is 0.119. The molecule has 2 heterocycles. The van der Waals surface area contributed by atoms with Gasteiger partial charge in [0.15, 0.2) is 0 Å². The number of aromatic nitrogens is 4. The van der Waals surface area contributed by atoms with Crippen molar-refractivity contribution < 1.29 is 9.90 Å². The lowest BCUT2D eigenvalue weighted by Gasteiger charge is -2.04. The van der Waals surface area contributed by atoms with Crippen molar-refractivity contribution in [3.63, 3.8) is 0 Å². The highest BCUT2D eigenvalue weighted by Crippen LogP contribution is 2.19. The second-order valence-corrected chi connectivity index (χ2v) is 4.08. The standard InChI is InChI=1S/C10H14N4O2/c1-6(2)14-8-4-13(5-9(15)16)12-10(8)7(3)11-14/h4,6H,5H2,1-3H3,(H,15,16). The summed E-state index contributed by atoms with van der Waals surface area (Å²) in [5.41, 5.74) is 2.48. The molecule has 0 unspecified atom stereocenters. The van der Waals surface area contributed by atoms with Gasteiger partial charge in [0.25, 0.3) is 0 Å². The topological polar surface area (TPSA) is 72.9 Å². The molecular weight excluding hydrogens is 208 g/mol. The predicted molar refractivity (Wildman–Crippen MR) is 58.3 cm³/mol. The molecule has 0 saturated carbocycles. The van der Waals surface area contributed by atoms with Gasteiger partial charge >= 0.3 is 5.97 Å². The quantitative estimate of drug-likeness (QED) is 0.847. The number of hydrogen-bond acceptors (Lipinski definition) is 3. The summed E-state index contributed by atoms with van der Waals surface area (Å²) in [6.45, 7) is 5.81. The highest BCUT2D eigenvalue weighted by Gasteiger charge is 2.14. The van der Waals surface area contributed by atoms with Crippen molar-refractivity contribution in [1.82, 2.24) is 19.6 Å². The van der Waals surface area contributed by atoms with Crippen LogP contribution in [0.3, 0.4) is 0 Å². The average molecular weight is 222 g/mol. The third kappa shape index (κ3) is 1.66. The van der Waals surface area contributed by atoms with Crippen LogP contribution in [0.4, 0.5) is 0 Å². The Morgan fingerprint density at radius 1 is 1.50 bits per heavy atom. The van der Waals surface area contributed by atoms with Crippen LogP contribution < -0.4 is 0 Å². The average Bonchev–Trinajstić information content (AvgIpc) is 2.66. The van der Waals surface area contributed by atoms with Gasteiger partial charge in [-0.15, -0.1) is 0 Å². The summed E-state index contributed by atoms with van der Waals surface area (Å²) in [6, 6.07) is 0.235. The number of nitrogens with zero attached hydrogens (tertiary/aromatic N) is 4. The Hall–Kier alpha value is -1.85. The van der Waals surface area contributed by atoms with Crippen LogP contribution in [0.2, 0.25) is 0 Å². The van der Waals surface area contributed by atoms with E-state index in [4.69, 9.17) is 5.11 Å². The molecule has 16 heavy (non-hydrogen) atoms. The molecule has 86 valence electrons. The maximum atomic E-state index is 10.6. The van der Waals surface area contributed by atoms with Gasteiger partial charge in [0.2, 0.25) is 0 Å². The molecule has 6 heteroatoms. The molecule has 0 saturated heterocycles. The van der Waals surface area contributed by atoms with Crippen LogP contribution in [0.25, 0.3) is 11.0 Å². The predicted octanol–water partition coefficient (Wildman–Crippen LogP) is 1.21. The maximum absolute atomic E-state index is 10.6. The minimum Gasteiger partial charge on any atom is -0.480 e. The van der Waals surface area contributed by atoms with Crippen LogP contribution in [0.15, 0.2) is 6.20 Å². The smallest absolute Gasteiger partial charge is 0.325 e. The zero-order chi connectivity index (χ0) is 11.9. The van der Waals surface area contributed by atoms with E-state index in [-0.39, 0.29) is 12.6 Å². The van der Waals surface area contributed by atoms with Gasteiger partial charge in [0.05, 0.1) is 11.9 Å². The molecule has 0 aliphatic rings. The fraction of sp³-hybridized carbons (Fsp3) is 0.500. The monoisotopic (exact) mass is 222 g/mol. The molecule has 0 amide bonds. The first-order chi connectivity index (χ1) is 7.49. The number of aliphatic carboxylic acids is 1. The van der Waals surface area contributed by atoms with Crippen LogP contribution in [-0.4, -0.2) is 30.6 Å². The minimum atomic E-state index is -0.896. The van der Waals surface area contributed by atoms with Crippen molar-refractivity contribution in [3.05, 3.63) is 11.9 Å². The molecule has 2 aromatic heterocycles. The van der Waals surface area contributed by atoms with E-state index in [1.165, 1.54) is 4.68 Å². The van der Waals surface area contributed by atoms with Crippen LogP contribution in [-0.2, 0) is 11.3 Å². The third-order valence-electron chi connectivity index (χ3n) is 2.38. The Morgan fingerprint density at radius 2 is 2.19 bits per heavy atom. The molecule has 6 nitrogen and oxygen atoms in total. The summed E-state index contributed by atoms with van der Waals surface area (Å²) < 4.78 is 3.29. The first-order valence-corrected chi connectivity index (χ1v) is 5.13. The van der Waals surface area contributed by atoms with E-state index in [1.54, 1.807) is 6.20 Å². The molecule has 1 N–H and O–H groups in total. The Morgan fingerprint density at radius 3 is 2.75 bits per heavy atom. The lowest BCUT2D eigenvalue weighted by molar-refractivity contribution is -0.137. The van der Waals surface area contributed by atoms with Gasteiger partial charge in [-0.2, -0.15) is 10.2 Å². The second kappa shape index (κ2) is 3.62. The number of hydrogen-bond donors (Lipinski definition) is 1. The van der Waals surface area contributed by atoms with Crippen molar-refractivity contribution in [1.29, 1.82) is 0 Å². The normalized spacial score (nSPS) is 11.5. The van der Waals surface area contributed by atoms with Crippen molar-refractivity contribution in [3.8, 4) is 0 Å². The Balaban J connectivity index is 2.52. The van der Waals surface area contributed by atoms with E-state index in [0.717, 1.165) is 16.7 Å². The van der Waals surface area contributed by atoms with E-state index in [1.807, 2.05) is 25.5 Å². The van der Waals surface area contributed by atoms with Gasteiger partial charge in [-0.1, -0.05) is 0 Å². The molecule has 0 spiro atoms. The van der Waals surface area contributed by atoms with Crippen LogP contribution in [0.1, 0.15) is 25.6 Å². The summed E-state index contributed by atoms with van der Waals surface area (Å²) in [7, 11) is 0. The van der Waals surface area contributed by atoms with Gasteiger partial charge in [-0.3, -0.25) is 14.2 Å². The number of rotatable bonds is 3. The zero-order valence-electron chi connectivity index (χ0n) is 9.51. The van der Waals surface area contributed by atoms with E-state index in [0.29, 0.717) is 0 Å². The van der Waals surface area contributed by atoms with Gasteiger partial charge in [-0.05, 0) is 20.8 Å². The van der Waals surface area contributed by atoms with Gasteiger partial charge in [-0.25, -0.2) is 0 Å². The Labute approximate surface area is 92.5 Å². The third-order valence-corrected chi connectivity index (χ3v) is 2.38. The largest absolute Gasteiger partial charge is 0.480 e. The number of carboxylic acids is 1. The summed E-state index contributed by atoms with van der Waals surface area (Å²) in [4.78, 5) is 10.6. The van der Waals surface area contributed by atoms with Crippen LogP contribution >= 0.6 is 0 Å². The summed E-state index contributed by atoms with van der Waals surface area (Å²) >= 11 is 0. The Bertz CT molecular complexity index is 538. The molecule has 0 aliphatic heterocycles. The molecule has 0 bridgehead atoms. The van der Waals surface area contributed by atoms with E-state index < -0.39 is 5.97 Å².